The SMILES string of the molecule is CCC(C)(C)C(=O)Nc1cccc2c1C(=O)OC(=O)C2. The lowest BCUT2D eigenvalue weighted by atomic mass is 9.89. The molecule has 0 fully saturated rings. The molecule has 0 radical (unpaired) electrons. The van der Waals surface area contributed by atoms with E-state index in [0.29, 0.717) is 17.7 Å². The fourth-order valence-corrected chi connectivity index (χ4v) is 1.89. The first-order chi connectivity index (χ1) is 9.35. The molecule has 1 aromatic carbocycles. The summed E-state index contributed by atoms with van der Waals surface area (Å²) in [6.45, 7) is 5.59. The molecule has 0 atom stereocenters. The molecule has 1 N–H and O–H groups in total. The van der Waals surface area contributed by atoms with Crippen molar-refractivity contribution in [2.75, 3.05) is 5.32 Å². The van der Waals surface area contributed by atoms with Crippen LogP contribution in [-0.4, -0.2) is 17.8 Å². The highest BCUT2D eigenvalue weighted by molar-refractivity contribution is 6.09. The fraction of sp³-hybridized carbons (Fsp3) is 0.400. The predicted molar refractivity (Wildman–Crippen MR) is 73.3 cm³/mol. The Morgan fingerprint density at radius 2 is 2.05 bits per heavy atom. The van der Waals surface area contributed by atoms with Crippen LogP contribution in [0.5, 0.6) is 0 Å². The van der Waals surface area contributed by atoms with E-state index in [1.165, 1.54) is 0 Å². The van der Waals surface area contributed by atoms with Crippen molar-refractivity contribution in [3.8, 4) is 0 Å². The number of fused-ring (bicyclic) bond motifs is 1. The van der Waals surface area contributed by atoms with Crippen molar-refractivity contribution < 1.29 is 19.1 Å². The molecule has 2 rings (SSSR count). The van der Waals surface area contributed by atoms with Crippen LogP contribution in [0.3, 0.4) is 0 Å². The van der Waals surface area contributed by atoms with Gasteiger partial charge in [0.2, 0.25) is 5.91 Å². The van der Waals surface area contributed by atoms with E-state index in [-0.39, 0.29) is 17.9 Å². The number of hydrogen-bond acceptors (Lipinski definition) is 4. The van der Waals surface area contributed by atoms with Gasteiger partial charge in [-0.25, -0.2) is 4.79 Å². The number of carbonyl (C=O) groups is 3. The van der Waals surface area contributed by atoms with Gasteiger partial charge in [-0.3, -0.25) is 9.59 Å². The number of ether oxygens (including phenoxy) is 1. The Morgan fingerprint density at radius 1 is 1.35 bits per heavy atom. The van der Waals surface area contributed by atoms with Crippen molar-refractivity contribution in [1.29, 1.82) is 0 Å². The Labute approximate surface area is 117 Å². The van der Waals surface area contributed by atoms with Crippen molar-refractivity contribution in [3.05, 3.63) is 29.3 Å². The molecule has 0 aromatic heterocycles. The van der Waals surface area contributed by atoms with E-state index in [0.717, 1.165) is 0 Å². The molecule has 0 saturated carbocycles. The van der Waals surface area contributed by atoms with Crippen LogP contribution >= 0.6 is 0 Å². The molecule has 0 unspecified atom stereocenters. The van der Waals surface area contributed by atoms with Gasteiger partial charge in [-0.05, 0) is 18.1 Å². The molecule has 1 amide bonds. The van der Waals surface area contributed by atoms with E-state index in [9.17, 15) is 14.4 Å². The molecule has 20 heavy (non-hydrogen) atoms. The van der Waals surface area contributed by atoms with Crippen LogP contribution < -0.4 is 5.32 Å². The largest absolute Gasteiger partial charge is 0.389 e. The molecule has 1 aromatic rings. The third kappa shape index (κ3) is 2.57. The molecule has 5 nitrogen and oxygen atoms in total. The summed E-state index contributed by atoms with van der Waals surface area (Å²) in [4.78, 5) is 35.3. The van der Waals surface area contributed by atoms with Crippen LogP contribution in [0.4, 0.5) is 5.69 Å². The van der Waals surface area contributed by atoms with Crippen LogP contribution in [0, 0.1) is 5.41 Å². The third-order valence-electron chi connectivity index (χ3n) is 3.64. The van der Waals surface area contributed by atoms with Gasteiger partial charge in [0.05, 0.1) is 17.7 Å². The lowest BCUT2D eigenvalue weighted by molar-refractivity contribution is -0.137. The van der Waals surface area contributed by atoms with Crippen molar-refractivity contribution in [2.45, 2.75) is 33.6 Å². The fourth-order valence-electron chi connectivity index (χ4n) is 1.89. The van der Waals surface area contributed by atoms with Gasteiger partial charge in [0.25, 0.3) is 0 Å². The molecule has 106 valence electrons. The monoisotopic (exact) mass is 275 g/mol. The number of nitrogens with one attached hydrogen (secondary N) is 1. The first-order valence-electron chi connectivity index (χ1n) is 6.53. The summed E-state index contributed by atoms with van der Waals surface area (Å²) in [5, 5.41) is 2.76. The molecule has 0 aliphatic carbocycles. The van der Waals surface area contributed by atoms with Crippen LogP contribution in [0.2, 0.25) is 0 Å². The van der Waals surface area contributed by atoms with Gasteiger partial charge >= 0.3 is 11.9 Å². The van der Waals surface area contributed by atoms with Crippen molar-refractivity contribution >= 4 is 23.5 Å². The van der Waals surface area contributed by atoms with E-state index in [1.54, 1.807) is 18.2 Å². The molecule has 5 heteroatoms. The number of carbonyl (C=O) groups excluding carboxylic acids is 3. The molecular weight excluding hydrogens is 258 g/mol. The lowest BCUT2D eigenvalue weighted by Crippen LogP contribution is -2.32. The van der Waals surface area contributed by atoms with Crippen molar-refractivity contribution in [3.63, 3.8) is 0 Å². The smallest absolute Gasteiger partial charge is 0.348 e. The first kappa shape index (κ1) is 14.2. The number of esters is 2. The van der Waals surface area contributed by atoms with Crippen LogP contribution in [0.1, 0.15) is 43.1 Å². The summed E-state index contributed by atoms with van der Waals surface area (Å²) in [6, 6.07) is 5.03. The van der Waals surface area contributed by atoms with Crippen LogP contribution in [0.25, 0.3) is 0 Å². The van der Waals surface area contributed by atoms with Crippen LogP contribution in [0.15, 0.2) is 18.2 Å². The Morgan fingerprint density at radius 3 is 2.70 bits per heavy atom. The zero-order chi connectivity index (χ0) is 14.9. The average Bonchev–Trinajstić information content (AvgIpc) is 2.38. The van der Waals surface area contributed by atoms with E-state index in [2.05, 4.69) is 10.1 Å². The van der Waals surface area contributed by atoms with Gasteiger partial charge in [0, 0.05) is 5.41 Å². The number of cyclic esters (lactones) is 2. The van der Waals surface area contributed by atoms with Crippen LogP contribution in [-0.2, 0) is 20.7 Å². The van der Waals surface area contributed by atoms with E-state index in [4.69, 9.17) is 0 Å². The normalized spacial score (nSPS) is 14.6. The number of rotatable bonds is 3. The average molecular weight is 275 g/mol. The van der Waals surface area contributed by atoms with Crippen molar-refractivity contribution in [1.82, 2.24) is 0 Å². The highest BCUT2D eigenvalue weighted by atomic mass is 16.6. The summed E-state index contributed by atoms with van der Waals surface area (Å²) in [6.07, 6.45) is 0.721. The summed E-state index contributed by atoms with van der Waals surface area (Å²) in [5.74, 6) is -1.44. The minimum absolute atomic E-state index is 0.0436. The van der Waals surface area contributed by atoms with Gasteiger partial charge in [-0.15, -0.1) is 0 Å². The van der Waals surface area contributed by atoms with Gasteiger partial charge in [-0.1, -0.05) is 32.9 Å². The quantitative estimate of drug-likeness (QED) is 0.678. The second-order valence-electron chi connectivity index (χ2n) is 5.47. The van der Waals surface area contributed by atoms with E-state index < -0.39 is 17.4 Å². The number of anilines is 1. The maximum Gasteiger partial charge on any atom is 0.348 e. The molecule has 0 spiro atoms. The second-order valence-corrected chi connectivity index (χ2v) is 5.47. The predicted octanol–water partition coefficient (Wildman–Crippen LogP) is 2.30. The summed E-state index contributed by atoms with van der Waals surface area (Å²) >= 11 is 0. The zero-order valence-electron chi connectivity index (χ0n) is 11.8. The maximum absolute atomic E-state index is 12.2. The summed E-state index contributed by atoms with van der Waals surface area (Å²) in [5.41, 5.74) is 0.717. The zero-order valence-corrected chi connectivity index (χ0v) is 11.8. The number of hydrogen-bond donors (Lipinski definition) is 1. The molecule has 1 heterocycles. The van der Waals surface area contributed by atoms with E-state index in [1.807, 2.05) is 20.8 Å². The third-order valence-corrected chi connectivity index (χ3v) is 3.64. The van der Waals surface area contributed by atoms with E-state index >= 15 is 0 Å². The van der Waals surface area contributed by atoms with Crippen molar-refractivity contribution in [2.24, 2.45) is 5.41 Å². The first-order valence-corrected chi connectivity index (χ1v) is 6.53. The molecular formula is C15H17NO4. The van der Waals surface area contributed by atoms with Gasteiger partial charge < -0.3 is 10.1 Å². The summed E-state index contributed by atoms with van der Waals surface area (Å²) < 4.78 is 4.62. The Hall–Kier alpha value is -2.17. The molecule has 0 saturated heterocycles. The van der Waals surface area contributed by atoms with Gasteiger partial charge in [0.15, 0.2) is 0 Å². The van der Waals surface area contributed by atoms with Gasteiger partial charge in [-0.2, -0.15) is 0 Å². The Balaban J connectivity index is 2.35. The number of benzene rings is 1. The molecule has 1 aliphatic heterocycles. The highest BCUT2D eigenvalue weighted by Crippen LogP contribution is 2.28. The van der Waals surface area contributed by atoms with Gasteiger partial charge in [0.1, 0.15) is 0 Å². The summed E-state index contributed by atoms with van der Waals surface area (Å²) in [7, 11) is 0. The Bertz CT molecular complexity index is 590. The second kappa shape index (κ2) is 5.07. The Kier molecular flexibility index (Phi) is 3.61. The molecule has 1 aliphatic rings. The minimum Gasteiger partial charge on any atom is -0.389 e. The number of amides is 1. The lowest BCUT2D eigenvalue weighted by Gasteiger charge is -2.23. The standard InChI is InChI=1S/C15H17NO4/c1-4-15(2,3)14(19)16-10-7-5-6-9-8-11(17)20-13(18)12(9)10/h5-7H,4,8H2,1-3H3,(H,16,19). The highest BCUT2D eigenvalue weighted by Gasteiger charge is 2.30. The topological polar surface area (TPSA) is 72.5 Å². The molecule has 0 bridgehead atoms. The minimum atomic E-state index is -0.707. The maximum atomic E-state index is 12.2.